The maximum Gasteiger partial charge on any atom is 0.0464 e. The predicted octanol–water partition coefficient (Wildman–Crippen LogP) is 6.36. The van der Waals surface area contributed by atoms with E-state index in [1.807, 2.05) is 12.1 Å². The first-order valence-electron chi connectivity index (χ1n) is 7.69. The molecule has 1 unspecified atom stereocenters. The third-order valence-electron chi connectivity index (χ3n) is 3.59. The summed E-state index contributed by atoms with van der Waals surface area (Å²) < 4.78 is 1.03. The van der Waals surface area contributed by atoms with E-state index < -0.39 is 0 Å². The third kappa shape index (κ3) is 7.10. The minimum atomic E-state index is 0.311. The van der Waals surface area contributed by atoms with Crippen LogP contribution in [-0.2, 0) is 0 Å². The van der Waals surface area contributed by atoms with Gasteiger partial charge < -0.3 is 5.32 Å². The maximum absolute atomic E-state index is 6.27. The molecule has 114 valence electrons. The summed E-state index contributed by atoms with van der Waals surface area (Å²) in [5.41, 5.74) is 1.18. The highest BCUT2D eigenvalue weighted by molar-refractivity contribution is 9.10. The fraction of sp³-hybridized carbons (Fsp3) is 0.647. The van der Waals surface area contributed by atoms with Gasteiger partial charge in [0, 0.05) is 15.5 Å². The topological polar surface area (TPSA) is 12.0 Å². The van der Waals surface area contributed by atoms with Gasteiger partial charge in [0.15, 0.2) is 0 Å². The lowest BCUT2D eigenvalue weighted by Gasteiger charge is -2.16. The number of nitrogens with one attached hydrogen (secondary N) is 1. The minimum absolute atomic E-state index is 0.311. The van der Waals surface area contributed by atoms with Gasteiger partial charge in [0.2, 0.25) is 0 Å². The smallest absolute Gasteiger partial charge is 0.0464 e. The zero-order valence-electron chi connectivity index (χ0n) is 12.9. The van der Waals surface area contributed by atoms with Crippen LogP contribution in [0.15, 0.2) is 22.7 Å². The minimum Gasteiger partial charge on any atom is -0.310 e. The summed E-state index contributed by atoms with van der Waals surface area (Å²) in [4.78, 5) is 0. The largest absolute Gasteiger partial charge is 0.310 e. The fourth-order valence-corrected chi connectivity index (χ4v) is 3.15. The molecule has 1 nitrogen and oxygen atoms in total. The van der Waals surface area contributed by atoms with Crippen molar-refractivity contribution in [2.24, 2.45) is 5.92 Å². The lowest BCUT2D eigenvalue weighted by Crippen LogP contribution is -2.20. The van der Waals surface area contributed by atoms with Crippen LogP contribution in [0.5, 0.6) is 0 Å². The summed E-state index contributed by atoms with van der Waals surface area (Å²) in [6, 6.07) is 6.41. The predicted molar refractivity (Wildman–Crippen MR) is 93.5 cm³/mol. The molecule has 0 aliphatic heterocycles. The summed E-state index contributed by atoms with van der Waals surface area (Å²) in [6.07, 6.45) is 6.65. The van der Waals surface area contributed by atoms with Crippen molar-refractivity contribution in [2.75, 3.05) is 6.54 Å². The monoisotopic (exact) mass is 359 g/mol. The van der Waals surface area contributed by atoms with Crippen molar-refractivity contribution in [2.45, 2.75) is 58.9 Å². The first kappa shape index (κ1) is 18.0. The molecular formula is C17H27BrClN. The van der Waals surface area contributed by atoms with Crippen molar-refractivity contribution in [1.29, 1.82) is 0 Å². The van der Waals surface area contributed by atoms with Gasteiger partial charge in [-0.05, 0) is 43.5 Å². The van der Waals surface area contributed by atoms with E-state index in [1.165, 1.54) is 37.7 Å². The van der Waals surface area contributed by atoms with E-state index in [4.69, 9.17) is 11.6 Å². The molecule has 20 heavy (non-hydrogen) atoms. The molecule has 3 heteroatoms. The van der Waals surface area contributed by atoms with Crippen LogP contribution in [-0.4, -0.2) is 6.54 Å². The van der Waals surface area contributed by atoms with Crippen LogP contribution >= 0.6 is 27.5 Å². The molecule has 0 aliphatic carbocycles. The van der Waals surface area contributed by atoms with Crippen LogP contribution in [0.3, 0.4) is 0 Å². The Bertz CT molecular complexity index is 393. The van der Waals surface area contributed by atoms with Gasteiger partial charge in [0.1, 0.15) is 0 Å². The van der Waals surface area contributed by atoms with Crippen LogP contribution in [0, 0.1) is 5.92 Å². The molecule has 0 saturated carbocycles. The van der Waals surface area contributed by atoms with Crippen LogP contribution < -0.4 is 5.32 Å². The van der Waals surface area contributed by atoms with E-state index in [1.54, 1.807) is 0 Å². The van der Waals surface area contributed by atoms with E-state index >= 15 is 0 Å². The number of rotatable bonds is 9. The molecule has 0 amide bonds. The zero-order valence-corrected chi connectivity index (χ0v) is 15.2. The van der Waals surface area contributed by atoms with Crippen LogP contribution in [0.2, 0.25) is 5.02 Å². The van der Waals surface area contributed by atoms with Crippen molar-refractivity contribution in [3.05, 3.63) is 33.3 Å². The Morgan fingerprint density at radius 1 is 1.10 bits per heavy atom. The van der Waals surface area contributed by atoms with E-state index in [2.05, 4.69) is 48.1 Å². The Balaban J connectivity index is 2.18. The summed E-state index contributed by atoms with van der Waals surface area (Å²) in [6.45, 7) is 7.83. The number of hydrogen-bond acceptors (Lipinski definition) is 1. The summed E-state index contributed by atoms with van der Waals surface area (Å²) >= 11 is 9.70. The number of hydrogen-bond donors (Lipinski definition) is 1. The highest BCUT2D eigenvalue weighted by Gasteiger charge is 2.08. The van der Waals surface area contributed by atoms with Gasteiger partial charge in [-0.1, -0.05) is 73.1 Å². The Labute approximate surface area is 137 Å². The first-order valence-corrected chi connectivity index (χ1v) is 8.86. The average Bonchev–Trinajstić information content (AvgIpc) is 2.37. The highest BCUT2D eigenvalue weighted by Crippen LogP contribution is 2.26. The van der Waals surface area contributed by atoms with Gasteiger partial charge in [0.25, 0.3) is 0 Å². The van der Waals surface area contributed by atoms with E-state index in [9.17, 15) is 0 Å². The molecular weight excluding hydrogens is 334 g/mol. The highest BCUT2D eigenvalue weighted by atomic mass is 79.9. The molecule has 0 bridgehead atoms. The lowest BCUT2D eigenvalue weighted by atomic mass is 10.0. The van der Waals surface area contributed by atoms with E-state index in [-0.39, 0.29) is 0 Å². The van der Waals surface area contributed by atoms with E-state index in [0.29, 0.717) is 6.04 Å². The number of benzene rings is 1. The number of halogens is 2. The summed E-state index contributed by atoms with van der Waals surface area (Å²) in [7, 11) is 0. The molecule has 1 N–H and O–H groups in total. The Hall–Kier alpha value is -0.0500. The van der Waals surface area contributed by atoms with Crippen molar-refractivity contribution >= 4 is 27.5 Å². The van der Waals surface area contributed by atoms with Crippen molar-refractivity contribution in [3.8, 4) is 0 Å². The molecule has 0 aromatic heterocycles. The average molecular weight is 361 g/mol. The molecule has 0 fully saturated rings. The zero-order chi connectivity index (χ0) is 15.0. The Morgan fingerprint density at radius 2 is 1.80 bits per heavy atom. The maximum atomic E-state index is 6.27. The molecule has 0 aliphatic rings. The molecule has 0 heterocycles. The fourth-order valence-electron chi connectivity index (χ4n) is 2.31. The van der Waals surface area contributed by atoms with Crippen molar-refractivity contribution in [1.82, 2.24) is 5.32 Å². The summed E-state index contributed by atoms with van der Waals surface area (Å²) in [5.74, 6) is 0.840. The van der Waals surface area contributed by atoms with Gasteiger partial charge in [-0.3, -0.25) is 0 Å². The van der Waals surface area contributed by atoms with Gasteiger partial charge in [-0.15, -0.1) is 0 Å². The molecule has 1 rings (SSSR count). The quantitative estimate of drug-likeness (QED) is 0.505. The molecule has 0 saturated heterocycles. The van der Waals surface area contributed by atoms with Gasteiger partial charge in [-0.25, -0.2) is 0 Å². The van der Waals surface area contributed by atoms with E-state index in [0.717, 1.165) is 22.0 Å². The van der Waals surface area contributed by atoms with Gasteiger partial charge in [-0.2, -0.15) is 0 Å². The Kier molecular flexibility index (Phi) is 8.83. The van der Waals surface area contributed by atoms with Crippen molar-refractivity contribution in [3.63, 3.8) is 0 Å². The SMILES string of the molecule is CC(C)CCCCCCNC(C)c1ccc(Br)cc1Cl. The standard InChI is InChI=1S/C17H27BrClN/c1-13(2)8-6-4-5-7-11-20-14(3)16-10-9-15(18)12-17(16)19/h9-10,12-14,20H,4-8,11H2,1-3H3. The lowest BCUT2D eigenvalue weighted by molar-refractivity contribution is 0.498. The second-order valence-electron chi connectivity index (χ2n) is 5.94. The Morgan fingerprint density at radius 3 is 2.45 bits per heavy atom. The van der Waals surface area contributed by atoms with Crippen LogP contribution in [0.1, 0.15) is 64.5 Å². The van der Waals surface area contributed by atoms with Crippen molar-refractivity contribution < 1.29 is 0 Å². The first-order chi connectivity index (χ1) is 9.50. The van der Waals surface area contributed by atoms with Gasteiger partial charge in [0.05, 0.1) is 0 Å². The normalized spacial score (nSPS) is 12.9. The van der Waals surface area contributed by atoms with Gasteiger partial charge >= 0.3 is 0 Å². The summed E-state index contributed by atoms with van der Waals surface area (Å²) in [5, 5.41) is 4.39. The second-order valence-corrected chi connectivity index (χ2v) is 7.26. The number of unbranched alkanes of at least 4 members (excludes halogenated alkanes) is 3. The molecule has 1 aromatic carbocycles. The molecule has 0 radical (unpaired) electrons. The molecule has 1 aromatic rings. The van der Waals surface area contributed by atoms with Crippen LogP contribution in [0.4, 0.5) is 0 Å². The molecule has 0 spiro atoms. The molecule has 1 atom stereocenters. The second kappa shape index (κ2) is 9.81. The third-order valence-corrected chi connectivity index (χ3v) is 4.41. The van der Waals surface area contributed by atoms with Crippen LogP contribution in [0.25, 0.3) is 0 Å².